The van der Waals surface area contributed by atoms with Crippen LogP contribution in [-0.4, -0.2) is 6.22 Å². The van der Waals surface area contributed by atoms with Crippen molar-refractivity contribution in [1.82, 2.24) is 0 Å². The van der Waals surface area contributed by atoms with Crippen LogP contribution in [0.4, 0.5) is 0 Å². The van der Waals surface area contributed by atoms with Gasteiger partial charge < -0.3 is 0 Å². The Bertz CT molecular complexity index is 1200. The van der Waals surface area contributed by atoms with E-state index in [-0.39, 0.29) is 0 Å². The molecule has 0 bridgehead atoms. The summed E-state index contributed by atoms with van der Waals surface area (Å²) in [5, 5.41) is 5.97. The van der Waals surface area contributed by atoms with Crippen molar-refractivity contribution in [1.29, 1.82) is 0 Å². The molecule has 0 unspecified atom stereocenters. The fraction of sp³-hybridized carbons (Fsp3) is 0.471. The molecular formula is C34H43HfSi. The smallest absolute Gasteiger partial charge is 0.0286 e. The second kappa shape index (κ2) is 12.1. The first kappa shape index (κ1) is 27.8. The summed E-state index contributed by atoms with van der Waals surface area (Å²) < 4.78 is 0. The number of hydrogen-bond acceptors (Lipinski definition) is 0. The number of hydrogen-bond donors (Lipinski definition) is 0. The Kier molecular flexibility index (Phi) is 9.31. The number of benzene rings is 2. The van der Waals surface area contributed by atoms with Crippen LogP contribution in [0.2, 0.25) is 6.04 Å². The molecule has 2 aliphatic carbocycles. The van der Waals surface area contributed by atoms with Gasteiger partial charge in [0.2, 0.25) is 0 Å². The van der Waals surface area contributed by atoms with Gasteiger partial charge in [0.05, 0.1) is 0 Å². The van der Waals surface area contributed by atoms with E-state index in [9.17, 15) is 0 Å². The zero-order valence-electron chi connectivity index (χ0n) is 23.7. The van der Waals surface area contributed by atoms with Gasteiger partial charge in [-0.1, -0.05) is 61.1 Å². The van der Waals surface area contributed by atoms with Gasteiger partial charge in [-0.25, -0.2) is 0 Å². The summed E-state index contributed by atoms with van der Waals surface area (Å²) in [5.41, 5.74) is 15.5. The zero-order valence-corrected chi connectivity index (χ0v) is 28.3. The monoisotopic (exact) mass is 659 g/mol. The first-order valence-electron chi connectivity index (χ1n) is 14.0. The normalized spacial score (nSPS) is 13.8. The van der Waals surface area contributed by atoms with Crippen molar-refractivity contribution >= 4 is 27.8 Å². The summed E-state index contributed by atoms with van der Waals surface area (Å²) in [6, 6.07) is 10.9. The summed E-state index contributed by atoms with van der Waals surface area (Å²) in [6.45, 7) is 15.8. The van der Waals surface area contributed by atoms with E-state index in [0.717, 1.165) is 0 Å². The Morgan fingerprint density at radius 2 is 1.06 bits per heavy atom. The maximum Gasteiger partial charge on any atom is -0.0286 e. The largest absolute Gasteiger partial charge is 0.165 e. The molecule has 6 rings (SSSR count). The Morgan fingerprint density at radius 3 is 1.39 bits per heavy atom. The quantitative estimate of drug-likeness (QED) is 0.117. The Morgan fingerprint density at radius 1 is 0.667 bits per heavy atom. The molecule has 1 radical (unpaired) electrons. The van der Waals surface area contributed by atoms with Crippen molar-refractivity contribution in [3.8, 4) is 0 Å². The predicted octanol–water partition coefficient (Wildman–Crippen LogP) is 9.32. The molecule has 0 aliphatic heterocycles. The van der Waals surface area contributed by atoms with Gasteiger partial charge in [0, 0.05) is 0 Å². The van der Waals surface area contributed by atoms with Crippen molar-refractivity contribution in [3.63, 3.8) is 0 Å². The Labute approximate surface area is 235 Å². The Hall–Kier alpha value is -1.25. The molecule has 187 valence electrons. The first-order chi connectivity index (χ1) is 17.3. The molecule has 0 amide bonds. The van der Waals surface area contributed by atoms with Crippen LogP contribution in [0.5, 0.6) is 0 Å². The minimum absolute atomic E-state index is 1.29. The maximum absolute atomic E-state index is 2.34. The van der Waals surface area contributed by atoms with Gasteiger partial charge in [-0.15, -0.1) is 55.9 Å². The molecule has 0 saturated carbocycles. The molecular weight excluding hydrogens is 615 g/mol. The molecule has 4 aromatic carbocycles. The first-order valence-corrected chi connectivity index (χ1v) is 20.6. The molecule has 0 aromatic heterocycles. The molecule has 2 aliphatic rings. The van der Waals surface area contributed by atoms with Gasteiger partial charge >= 0.3 is 55.0 Å². The molecule has 0 N–H and O–H groups in total. The zero-order chi connectivity index (χ0) is 26.0. The van der Waals surface area contributed by atoms with Crippen LogP contribution in [-0.2, 0) is 48.7 Å². The molecule has 4 aromatic rings. The third kappa shape index (κ3) is 5.46. The molecule has 0 atom stereocenters. The minimum Gasteiger partial charge on any atom is -0.165 e. The average molecular weight is 658 g/mol. The van der Waals surface area contributed by atoms with Crippen LogP contribution < -0.4 is 0 Å². The van der Waals surface area contributed by atoms with E-state index in [4.69, 9.17) is 0 Å². The third-order valence-electron chi connectivity index (χ3n) is 8.59. The SMILES string of the molecule is CCCC[Si]=[Hf+2].Cc1cc2c(C)c3c(c(C)c2[cH-]1)CCC3.Cc1cc2c(C)c3c(c(C)c2[cH-]1)CCC3. The molecule has 2 heteroatoms. The van der Waals surface area contributed by atoms with E-state index in [2.05, 4.69) is 72.7 Å². The van der Waals surface area contributed by atoms with Gasteiger partial charge in [0.15, 0.2) is 0 Å². The number of rotatable bonds is 3. The van der Waals surface area contributed by atoms with Crippen molar-refractivity contribution in [2.75, 3.05) is 0 Å². The second-order valence-corrected chi connectivity index (χ2v) is 15.8. The van der Waals surface area contributed by atoms with E-state index in [1.165, 1.54) is 142 Å². The molecule has 0 nitrogen and oxygen atoms in total. The van der Waals surface area contributed by atoms with Crippen molar-refractivity contribution in [3.05, 3.63) is 79.9 Å². The van der Waals surface area contributed by atoms with Crippen molar-refractivity contribution in [2.45, 2.75) is 106 Å². The molecule has 0 spiro atoms. The van der Waals surface area contributed by atoms with Gasteiger partial charge in [0.1, 0.15) is 0 Å². The van der Waals surface area contributed by atoms with Gasteiger partial charge in [-0.2, -0.15) is 12.1 Å². The van der Waals surface area contributed by atoms with Crippen LogP contribution in [0.15, 0.2) is 24.3 Å². The van der Waals surface area contributed by atoms with Crippen LogP contribution in [0.25, 0.3) is 21.5 Å². The van der Waals surface area contributed by atoms with Crippen LogP contribution >= 0.6 is 0 Å². The summed E-state index contributed by atoms with van der Waals surface area (Å²) in [5.74, 6) is 0. The minimum atomic E-state index is 1.29. The van der Waals surface area contributed by atoms with E-state index in [1.807, 2.05) is 0 Å². The number of aryl methyl sites for hydroxylation is 6. The number of unbranched alkanes of at least 4 members (excludes halogenated alkanes) is 1. The van der Waals surface area contributed by atoms with Crippen LogP contribution in [0.1, 0.15) is 88.2 Å². The molecule has 36 heavy (non-hydrogen) atoms. The van der Waals surface area contributed by atoms with E-state index in [1.54, 1.807) is 22.3 Å². The topological polar surface area (TPSA) is 0 Å². The Balaban J connectivity index is 0.000000139. The molecule has 0 heterocycles. The summed E-state index contributed by atoms with van der Waals surface area (Å²) in [4.78, 5) is 0. The van der Waals surface area contributed by atoms with Crippen molar-refractivity contribution in [2.24, 2.45) is 0 Å². The van der Waals surface area contributed by atoms with Gasteiger partial charge in [-0.05, 0) is 52.4 Å². The average Bonchev–Trinajstić information content (AvgIpc) is 3.65. The van der Waals surface area contributed by atoms with Crippen LogP contribution in [0, 0.1) is 41.5 Å². The number of fused-ring (bicyclic) bond motifs is 4. The predicted molar refractivity (Wildman–Crippen MR) is 157 cm³/mol. The fourth-order valence-corrected chi connectivity index (χ4v) is 9.04. The summed E-state index contributed by atoms with van der Waals surface area (Å²) in [6.07, 6.45) is 12.0. The summed E-state index contributed by atoms with van der Waals surface area (Å²) >= 11 is 1.43. The van der Waals surface area contributed by atoms with Crippen molar-refractivity contribution < 1.29 is 23.0 Å². The third-order valence-corrected chi connectivity index (χ3v) is 11.9. The molecule has 0 fully saturated rings. The standard InChI is InChI=1S/2C15H17.C4H9Si.Hf/c2*1-9-7-14-10(2)12-5-4-6-13(12)11(3)15(14)8-9;1-2-3-4-5;/h2*7-8H,4-6H2,1-3H3;2-4H2,1H3;/q2*-1;;+2. The van der Waals surface area contributed by atoms with Crippen LogP contribution in [0.3, 0.4) is 0 Å². The van der Waals surface area contributed by atoms with E-state index < -0.39 is 0 Å². The van der Waals surface area contributed by atoms with Gasteiger partial charge in [0.25, 0.3) is 0 Å². The maximum atomic E-state index is 2.34. The summed E-state index contributed by atoms with van der Waals surface area (Å²) in [7, 11) is 0. The fourth-order valence-electron chi connectivity index (χ4n) is 6.60. The van der Waals surface area contributed by atoms with Gasteiger partial charge in [-0.3, -0.25) is 0 Å². The second-order valence-electron chi connectivity index (χ2n) is 11.1. The van der Waals surface area contributed by atoms with E-state index in [0.29, 0.717) is 0 Å². The molecule has 0 saturated heterocycles. The van der Waals surface area contributed by atoms with E-state index >= 15 is 0 Å².